The third kappa shape index (κ3) is 112. The maximum absolute atomic E-state index is 8.44. The zero-order valence-electron chi connectivity index (χ0n) is 22.2. The molecule has 0 spiro atoms. The molecule has 0 aliphatic heterocycles. The number of methoxy groups -OCH3 is 6. The van der Waals surface area contributed by atoms with Gasteiger partial charge in [0.1, 0.15) is 0 Å². The van der Waals surface area contributed by atoms with Gasteiger partial charge >= 0.3 is 0 Å². The Morgan fingerprint density at radius 2 is 0.629 bits per heavy atom. The van der Waals surface area contributed by atoms with E-state index in [0.29, 0.717) is 0 Å². The van der Waals surface area contributed by atoms with Crippen molar-refractivity contribution in [3.05, 3.63) is 0 Å². The number of nitrogens with two attached hydrogens (primary N) is 3. The summed E-state index contributed by atoms with van der Waals surface area (Å²) in [7, 11) is 10.3. The summed E-state index contributed by atoms with van der Waals surface area (Å²) >= 11 is 0. The largest absolute Gasteiger partial charge is 0.652 e. The van der Waals surface area contributed by atoms with Crippen LogP contribution in [0.3, 0.4) is 0 Å². The highest BCUT2D eigenvalue weighted by Gasteiger charge is 1.88. The Labute approximate surface area is 209 Å². The first kappa shape index (κ1) is 43.3. The molecule has 0 bridgehead atoms. The summed E-state index contributed by atoms with van der Waals surface area (Å²) < 4.78 is 29.1. The molecular formula is C20H49N3O12. The number of hydrogen-bond acceptors (Lipinski definition) is 11. The van der Waals surface area contributed by atoms with Gasteiger partial charge in [0.25, 0.3) is 0 Å². The van der Waals surface area contributed by atoms with Gasteiger partial charge in [-0.25, -0.2) is 0 Å². The fraction of sp³-hybridized carbons (Fsp3) is 0.900. The Kier molecular flexibility index (Phi) is 61.0. The van der Waals surface area contributed by atoms with Crippen molar-refractivity contribution in [2.75, 3.05) is 122 Å². The van der Waals surface area contributed by atoms with Gasteiger partial charge in [0, 0.05) is 42.7 Å². The van der Waals surface area contributed by atoms with Crippen molar-refractivity contribution in [2.24, 2.45) is 0 Å². The number of ether oxygens (including phenoxy) is 6. The molecule has 0 unspecified atom stereocenters. The average molecular weight is 524 g/mol. The van der Waals surface area contributed by atoms with Crippen LogP contribution in [0.15, 0.2) is 0 Å². The molecular weight excluding hydrogens is 474 g/mol. The molecule has 7 N–H and O–H groups in total. The molecule has 15 nitrogen and oxygen atoms in total. The highest BCUT2D eigenvalue weighted by Crippen LogP contribution is 1.59. The van der Waals surface area contributed by atoms with Crippen LogP contribution in [0.2, 0.25) is 0 Å². The van der Waals surface area contributed by atoms with Crippen molar-refractivity contribution in [2.45, 2.75) is 0 Å². The fourth-order valence-corrected chi connectivity index (χ4v) is 1.64. The van der Waals surface area contributed by atoms with Crippen LogP contribution in [-0.4, -0.2) is 139 Å². The predicted molar refractivity (Wildman–Crippen MR) is 120 cm³/mol. The van der Waals surface area contributed by atoms with E-state index in [2.05, 4.69) is 16.0 Å². The lowest BCUT2D eigenvalue weighted by atomic mass is 10.6. The van der Waals surface area contributed by atoms with Gasteiger partial charge in [0.2, 0.25) is 6.16 Å². The molecule has 0 radical (unpaired) electrons. The third-order valence-corrected chi connectivity index (χ3v) is 3.16. The van der Waals surface area contributed by atoms with Crippen LogP contribution in [-0.2, 0) is 28.4 Å². The van der Waals surface area contributed by atoms with Crippen LogP contribution in [0.4, 0.5) is 9.59 Å². The molecule has 0 rings (SSSR count). The molecule has 0 fully saturated rings. The highest BCUT2D eigenvalue weighted by atomic mass is 16.6. The van der Waals surface area contributed by atoms with Gasteiger partial charge in [-0.05, 0) is 6.16 Å². The van der Waals surface area contributed by atoms with Gasteiger partial charge in [-0.1, -0.05) is 0 Å². The first-order valence-corrected chi connectivity index (χ1v) is 10.9. The first-order chi connectivity index (χ1) is 16.7. The Morgan fingerprint density at radius 1 is 0.514 bits per heavy atom. The average Bonchev–Trinajstić information content (AvgIpc) is 2.79. The number of hydrogen-bond donors (Lipinski definition) is 4. The maximum Gasteiger partial charge on any atom is 0.249 e. The van der Waals surface area contributed by atoms with Gasteiger partial charge < -0.3 is 74.4 Å². The lowest BCUT2D eigenvalue weighted by Gasteiger charge is -1.98. The van der Waals surface area contributed by atoms with Crippen LogP contribution >= 0.6 is 0 Å². The van der Waals surface area contributed by atoms with Gasteiger partial charge in [-0.2, -0.15) is 0 Å². The van der Waals surface area contributed by atoms with Crippen molar-refractivity contribution in [1.29, 1.82) is 0 Å². The summed E-state index contributed by atoms with van der Waals surface area (Å²) in [5.74, 6) is 0. The zero-order valence-corrected chi connectivity index (χ0v) is 22.2. The molecule has 0 aromatic rings. The molecule has 0 aromatic heterocycles. The minimum atomic E-state index is -2.33. The summed E-state index contributed by atoms with van der Waals surface area (Å²) in [5.41, 5.74) is 0. The van der Waals surface area contributed by atoms with Crippen molar-refractivity contribution < 1.29 is 74.4 Å². The van der Waals surface area contributed by atoms with Crippen LogP contribution < -0.4 is 31.3 Å². The van der Waals surface area contributed by atoms with Gasteiger partial charge in [0.05, 0.1) is 78.9 Å². The summed E-state index contributed by atoms with van der Waals surface area (Å²) in [6, 6.07) is 0. The Balaban J connectivity index is -0.000000112. The number of rotatable bonds is 18. The fourth-order valence-electron chi connectivity index (χ4n) is 1.64. The number of carbonyl (C=O) groups excluding carboxylic acids is 1. The van der Waals surface area contributed by atoms with Crippen molar-refractivity contribution in [3.63, 3.8) is 0 Å². The molecule has 35 heavy (non-hydrogen) atoms. The minimum absolute atomic E-state index is 0.823. The smallest absolute Gasteiger partial charge is 0.249 e. The van der Waals surface area contributed by atoms with Crippen LogP contribution in [0.1, 0.15) is 0 Å². The van der Waals surface area contributed by atoms with E-state index in [0.717, 1.165) is 78.9 Å². The van der Waals surface area contributed by atoms with Gasteiger partial charge in [-0.15, -0.1) is 0 Å². The third-order valence-electron chi connectivity index (χ3n) is 3.16. The lowest BCUT2D eigenvalue weighted by molar-refractivity contribution is -0.657. The van der Waals surface area contributed by atoms with E-state index in [1.807, 2.05) is 0 Å². The molecule has 0 aromatic carbocycles. The molecule has 15 heteroatoms. The molecule has 0 heterocycles. The molecule has 0 saturated heterocycles. The highest BCUT2D eigenvalue weighted by molar-refractivity contribution is 5.50. The van der Waals surface area contributed by atoms with Gasteiger partial charge in [-0.3, -0.25) is 0 Å². The predicted octanol–water partition coefficient (Wildman–Crippen LogP) is -7.03. The summed E-state index contributed by atoms with van der Waals surface area (Å²) in [5, 5.41) is 38.5. The van der Waals surface area contributed by atoms with E-state index in [-0.39, 0.29) is 0 Å². The topological polar surface area (TPSA) is 229 Å². The summed E-state index contributed by atoms with van der Waals surface area (Å²) in [4.78, 5) is 16.8. The van der Waals surface area contributed by atoms with Crippen LogP contribution in [0.25, 0.3) is 0 Å². The monoisotopic (exact) mass is 523 g/mol. The quantitative estimate of drug-likeness (QED) is 0.123. The van der Waals surface area contributed by atoms with E-state index in [1.54, 1.807) is 42.7 Å². The van der Waals surface area contributed by atoms with E-state index >= 15 is 0 Å². The van der Waals surface area contributed by atoms with E-state index in [4.69, 9.17) is 58.4 Å². The Hall–Kier alpha value is -1.82. The normalized spacial score (nSPS) is 9.09. The first-order valence-electron chi connectivity index (χ1n) is 10.9. The second-order valence-electron chi connectivity index (χ2n) is 6.07. The minimum Gasteiger partial charge on any atom is -0.652 e. The molecule has 0 atom stereocenters. The number of carboxylic acid groups (broad SMARTS) is 4. The molecule has 0 aliphatic rings. The second-order valence-corrected chi connectivity index (χ2v) is 6.07. The van der Waals surface area contributed by atoms with E-state index < -0.39 is 12.3 Å². The molecule has 0 amide bonds. The van der Waals surface area contributed by atoms with Gasteiger partial charge in [0.15, 0.2) is 0 Å². The van der Waals surface area contributed by atoms with E-state index in [9.17, 15) is 0 Å². The Morgan fingerprint density at radius 3 is 0.714 bits per heavy atom. The van der Waals surface area contributed by atoms with Crippen molar-refractivity contribution >= 4 is 12.3 Å². The number of quaternary nitrogens is 3. The molecule has 0 aliphatic carbocycles. The maximum atomic E-state index is 8.44. The van der Waals surface area contributed by atoms with E-state index in [1.165, 1.54) is 0 Å². The molecule has 0 saturated carbocycles. The van der Waals surface area contributed by atoms with Crippen molar-refractivity contribution in [1.82, 2.24) is 0 Å². The van der Waals surface area contributed by atoms with Crippen LogP contribution in [0, 0.1) is 0 Å². The lowest BCUT2D eigenvalue weighted by Crippen LogP contribution is -2.86. The summed E-state index contributed by atoms with van der Waals surface area (Å²) in [6.45, 7) is 11.1. The summed E-state index contributed by atoms with van der Waals surface area (Å²) in [6.07, 6.45) is -4.42. The van der Waals surface area contributed by atoms with Crippen molar-refractivity contribution in [3.8, 4) is 0 Å². The number of carbonyl (C=O) groups is 2. The second kappa shape index (κ2) is 49.3. The Bertz CT molecular complexity index is 299. The van der Waals surface area contributed by atoms with Crippen LogP contribution in [0.5, 0.6) is 0 Å². The standard InChI is InChI=1S/3C6H15NO2.2CH2O3/c3*1-8-5-3-7-4-6-9-2;2*2-1(3)4/h3*7H,3-6H2,1-2H3;2*(H2,2,3,4). The molecule has 216 valence electrons. The zero-order chi connectivity index (χ0) is 28.0. The SMILES string of the molecule is COCC[NH2+]CCOC.COCC[NH2+]CCOC.COCC[NH2+]CCOC.O=C([O-])O.O=C([O-])[O-].